The molecule has 1 aliphatic heterocycles. The Morgan fingerprint density at radius 3 is 2.11 bits per heavy atom. The second kappa shape index (κ2) is 4.65. The third kappa shape index (κ3) is 2.82. The Hall–Kier alpha value is -1.33. The van der Waals surface area contributed by atoms with Crippen LogP contribution in [0.4, 0.5) is 0 Å². The lowest BCUT2D eigenvalue weighted by molar-refractivity contribution is -0.136. The molecule has 19 heavy (non-hydrogen) atoms. The summed E-state index contributed by atoms with van der Waals surface area (Å²) >= 11 is 0. The molecule has 4 nitrogen and oxygen atoms in total. The number of aliphatic carboxylic acids is 1. The first-order valence-corrected chi connectivity index (χ1v) is 6.17. The van der Waals surface area contributed by atoms with Gasteiger partial charge in [-0.05, 0) is 38.7 Å². The van der Waals surface area contributed by atoms with E-state index in [1.54, 1.807) is 12.1 Å². The zero-order valence-corrected chi connectivity index (χ0v) is 11.6. The Morgan fingerprint density at radius 1 is 1.21 bits per heavy atom. The standard InChI is InChI=1S/C14H19BO4/c1-13(2)14(3,4)19-15(18-13)11-7-5-10(6-8-11)9-12(16)17/h5-8H,9H2,1-4H3,(H,16,17)/i9D2. The molecule has 102 valence electrons. The Morgan fingerprint density at radius 2 is 1.68 bits per heavy atom. The minimum atomic E-state index is -2.41. The average molecular weight is 264 g/mol. The maximum Gasteiger partial charge on any atom is 0.494 e. The van der Waals surface area contributed by atoms with Crippen molar-refractivity contribution in [1.82, 2.24) is 0 Å². The van der Waals surface area contributed by atoms with E-state index in [-0.39, 0.29) is 5.56 Å². The number of hydrogen-bond acceptors (Lipinski definition) is 3. The third-order valence-electron chi connectivity index (χ3n) is 3.69. The predicted octanol–water partition coefficient (Wildman–Crippen LogP) is 1.61. The van der Waals surface area contributed by atoms with Gasteiger partial charge in [-0.2, -0.15) is 0 Å². The van der Waals surface area contributed by atoms with E-state index in [1.807, 2.05) is 27.7 Å². The normalized spacial score (nSPS) is 22.8. The zero-order chi connectivity index (χ0) is 16.1. The molecule has 5 heteroatoms. The molecule has 0 unspecified atom stereocenters. The van der Waals surface area contributed by atoms with Crippen molar-refractivity contribution in [3.05, 3.63) is 29.8 Å². The highest BCUT2D eigenvalue weighted by Crippen LogP contribution is 2.36. The molecule has 0 saturated carbocycles. The van der Waals surface area contributed by atoms with Gasteiger partial charge in [0.15, 0.2) is 0 Å². The van der Waals surface area contributed by atoms with Crippen molar-refractivity contribution >= 4 is 18.6 Å². The molecule has 1 aliphatic rings. The number of carboxylic acid groups (broad SMARTS) is 1. The summed E-state index contributed by atoms with van der Waals surface area (Å²) in [5, 5.41) is 8.89. The van der Waals surface area contributed by atoms with Crippen LogP contribution in [0, 0.1) is 0 Å². The summed E-state index contributed by atoms with van der Waals surface area (Å²) in [7, 11) is -0.542. The predicted molar refractivity (Wildman–Crippen MR) is 73.5 cm³/mol. The molecule has 1 aromatic rings. The first-order valence-electron chi connectivity index (χ1n) is 7.17. The molecule has 0 aliphatic carbocycles. The van der Waals surface area contributed by atoms with Crippen LogP contribution in [-0.2, 0) is 20.5 Å². The molecule has 2 rings (SSSR count). The molecule has 0 spiro atoms. The van der Waals surface area contributed by atoms with Gasteiger partial charge in [0.25, 0.3) is 0 Å². The van der Waals surface area contributed by atoms with E-state index < -0.39 is 30.7 Å². The Kier molecular flexibility index (Phi) is 2.82. The van der Waals surface area contributed by atoms with Crippen LogP contribution in [0.5, 0.6) is 0 Å². The van der Waals surface area contributed by atoms with Crippen molar-refractivity contribution in [2.45, 2.75) is 45.3 Å². The van der Waals surface area contributed by atoms with E-state index in [4.69, 9.17) is 17.2 Å². The Labute approximate surface area is 116 Å². The van der Waals surface area contributed by atoms with Crippen LogP contribution < -0.4 is 5.46 Å². The van der Waals surface area contributed by atoms with Crippen LogP contribution in [-0.4, -0.2) is 29.4 Å². The number of rotatable bonds is 3. The molecule has 1 saturated heterocycles. The Bertz CT molecular complexity index is 539. The first-order chi connectivity index (χ1) is 9.47. The summed E-state index contributed by atoms with van der Waals surface area (Å²) in [4.78, 5) is 10.9. The highest BCUT2D eigenvalue weighted by molar-refractivity contribution is 6.62. The minimum absolute atomic E-state index is 0.0928. The molecule has 1 N–H and O–H groups in total. The van der Waals surface area contributed by atoms with Crippen molar-refractivity contribution in [2.75, 3.05) is 0 Å². The first kappa shape index (κ1) is 11.5. The van der Waals surface area contributed by atoms with Gasteiger partial charge in [-0.1, -0.05) is 24.3 Å². The van der Waals surface area contributed by atoms with Gasteiger partial charge in [-0.25, -0.2) is 0 Å². The van der Waals surface area contributed by atoms with Crippen molar-refractivity contribution in [3.8, 4) is 0 Å². The topological polar surface area (TPSA) is 55.8 Å². The maximum absolute atomic E-state index is 10.9. The van der Waals surface area contributed by atoms with Gasteiger partial charge >= 0.3 is 13.1 Å². The second-order valence-corrected chi connectivity index (χ2v) is 5.64. The summed E-state index contributed by atoms with van der Waals surface area (Å²) in [5.41, 5.74) is -0.0771. The van der Waals surface area contributed by atoms with E-state index in [2.05, 4.69) is 0 Å². The summed E-state index contributed by atoms with van der Waals surface area (Å²) < 4.78 is 26.8. The van der Waals surface area contributed by atoms with Crippen molar-refractivity contribution < 1.29 is 22.0 Å². The zero-order valence-electron chi connectivity index (χ0n) is 13.6. The van der Waals surface area contributed by atoms with E-state index in [0.29, 0.717) is 0 Å². The highest BCUT2D eigenvalue weighted by atomic mass is 16.7. The summed E-state index contributed by atoms with van der Waals surface area (Å²) in [5.74, 6) is -1.51. The molecular formula is C14H19BO4. The van der Waals surface area contributed by atoms with Gasteiger partial charge in [0.2, 0.25) is 0 Å². The van der Waals surface area contributed by atoms with Crippen LogP contribution in [0.25, 0.3) is 0 Å². The Balaban J connectivity index is 2.24. The number of carbonyl (C=O) groups is 1. The fourth-order valence-electron chi connectivity index (χ4n) is 1.83. The third-order valence-corrected chi connectivity index (χ3v) is 3.69. The quantitative estimate of drug-likeness (QED) is 0.843. The van der Waals surface area contributed by atoms with Gasteiger partial charge in [-0.15, -0.1) is 0 Å². The number of hydrogen-bond donors (Lipinski definition) is 1. The van der Waals surface area contributed by atoms with Crippen molar-refractivity contribution in [1.29, 1.82) is 0 Å². The van der Waals surface area contributed by atoms with E-state index in [0.717, 1.165) is 5.46 Å². The minimum Gasteiger partial charge on any atom is -0.481 e. The molecule has 0 radical (unpaired) electrons. The number of benzene rings is 1. The molecular weight excluding hydrogens is 243 g/mol. The van der Waals surface area contributed by atoms with Crippen LogP contribution in [0.15, 0.2) is 24.3 Å². The fourth-order valence-corrected chi connectivity index (χ4v) is 1.83. The monoisotopic (exact) mass is 264 g/mol. The van der Waals surface area contributed by atoms with E-state index in [9.17, 15) is 4.79 Å². The smallest absolute Gasteiger partial charge is 0.481 e. The molecule has 0 atom stereocenters. The molecule has 1 aromatic carbocycles. The molecule has 0 bridgehead atoms. The lowest BCUT2D eigenvalue weighted by atomic mass is 9.79. The largest absolute Gasteiger partial charge is 0.494 e. The van der Waals surface area contributed by atoms with Crippen LogP contribution in [0.3, 0.4) is 0 Å². The molecule has 1 fully saturated rings. The SMILES string of the molecule is [2H]C([2H])(C(=O)O)c1ccc(B2OC(C)(C)C(C)(C)O2)cc1. The summed E-state index contributed by atoms with van der Waals surface area (Å²) in [6.07, 6.45) is -2.41. The number of carboxylic acids is 1. The fraction of sp³-hybridized carbons (Fsp3) is 0.500. The highest BCUT2D eigenvalue weighted by Gasteiger charge is 2.51. The lowest BCUT2D eigenvalue weighted by Crippen LogP contribution is -2.41. The lowest BCUT2D eigenvalue weighted by Gasteiger charge is -2.32. The second-order valence-electron chi connectivity index (χ2n) is 5.64. The summed E-state index contributed by atoms with van der Waals surface area (Å²) in [6, 6.07) is 6.18. The van der Waals surface area contributed by atoms with Crippen molar-refractivity contribution in [3.63, 3.8) is 0 Å². The average Bonchev–Trinajstić information content (AvgIpc) is 2.58. The summed E-state index contributed by atoms with van der Waals surface area (Å²) in [6.45, 7) is 7.80. The van der Waals surface area contributed by atoms with Gasteiger partial charge in [0, 0.05) is 2.74 Å². The molecule has 0 amide bonds. The maximum atomic E-state index is 10.9. The van der Waals surface area contributed by atoms with Gasteiger partial charge in [-0.3, -0.25) is 4.79 Å². The molecule has 0 aromatic heterocycles. The van der Waals surface area contributed by atoms with Crippen LogP contribution >= 0.6 is 0 Å². The van der Waals surface area contributed by atoms with Crippen LogP contribution in [0.1, 0.15) is 36.0 Å². The molecule has 1 heterocycles. The van der Waals surface area contributed by atoms with Crippen LogP contribution in [0.2, 0.25) is 0 Å². The van der Waals surface area contributed by atoms with Crippen molar-refractivity contribution in [2.24, 2.45) is 0 Å². The van der Waals surface area contributed by atoms with E-state index in [1.165, 1.54) is 12.1 Å². The van der Waals surface area contributed by atoms with Gasteiger partial charge in [0.05, 0.1) is 17.6 Å². The van der Waals surface area contributed by atoms with E-state index >= 15 is 0 Å². The van der Waals surface area contributed by atoms with Gasteiger partial charge < -0.3 is 14.4 Å². The van der Waals surface area contributed by atoms with Gasteiger partial charge in [0.1, 0.15) is 0 Å².